The van der Waals surface area contributed by atoms with E-state index >= 15 is 0 Å². The number of nitrogens with one attached hydrogen (secondary N) is 1. The van der Waals surface area contributed by atoms with Crippen LogP contribution < -0.4 is 5.32 Å². The highest BCUT2D eigenvalue weighted by Crippen LogP contribution is 2.24. The van der Waals surface area contributed by atoms with Gasteiger partial charge in [0.15, 0.2) is 0 Å². The molecule has 6 nitrogen and oxygen atoms in total. The monoisotopic (exact) mass is 267 g/mol. The molecule has 1 aromatic heterocycles. The van der Waals surface area contributed by atoms with Crippen molar-refractivity contribution >= 4 is 5.91 Å². The lowest BCUT2D eigenvalue weighted by molar-refractivity contribution is -0.0251. The molecule has 2 rings (SSSR count). The second-order valence-corrected chi connectivity index (χ2v) is 5.07. The fourth-order valence-electron chi connectivity index (χ4n) is 2.32. The molecule has 1 saturated heterocycles. The van der Waals surface area contributed by atoms with Crippen LogP contribution in [0.4, 0.5) is 0 Å². The van der Waals surface area contributed by atoms with Crippen molar-refractivity contribution in [1.82, 2.24) is 15.1 Å². The third-order valence-electron chi connectivity index (χ3n) is 3.70. The first-order chi connectivity index (χ1) is 8.96. The molecule has 1 aliphatic heterocycles. The molecule has 0 bridgehead atoms. The van der Waals surface area contributed by atoms with Crippen molar-refractivity contribution in [1.29, 1.82) is 0 Å². The second kappa shape index (κ2) is 5.30. The van der Waals surface area contributed by atoms with E-state index in [0.29, 0.717) is 25.0 Å². The smallest absolute Gasteiger partial charge is 0.254 e. The Hall–Kier alpha value is -1.40. The zero-order valence-electron chi connectivity index (χ0n) is 11.6. The lowest BCUT2D eigenvalue weighted by Gasteiger charge is -2.26. The number of carbonyl (C=O) groups excluding carboxylic acids is 1. The SMILES string of the molecule is CCc1nn(C)cc1C(=O)NCC1(O)CCOC1C. The molecule has 0 saturated carbocycles. The van der Waals surface area contributed by atoms with Crippen LogP contribution in [0.15, 0.2) is 6.20 Å². The maximum Gasteiger partial charge on any atom is 0.254 e. The van der Waals surface area contributed by atoms with Gasteiger partial charge in [-0.05, 0) is 13.3 Å². The van der Waals surface area contributed by atoms with Crippen LogP contribution in [0.3, 0.4) is 0 Å². The highest BCUT2D eigenvalue weighted by atomic mass is 16.5. The Balaban J connectivity index is 2.01. The third-order valence-corrected chi connectivity index (χ3v) is 3.70. The fourth-order valence-corrected chi connectivity index (χ4v) is 2.32. The van der Waals surface area contributed by atoms with Crippen molar-refractivity contribution < 1.29 is 14.6 Å². The minimum Gasteiger partial charge on any atom is -0.385 e. The Morgan fingerprint density at radius 1 is 1.74 bits per heavy atom. The second-order valence-electron chi connectivity index (χ2n) is 5.07. The summed E-state index contributed by atoms with van der Waals surface area (Å²) in [5.41, 5.74) is 0.368. The van der Waals surface area contributed by atoms with Crippen molar-refractivity contribution in [2.75, 3.05) is 13.2 Å². The van der Waals surface area contributed by atoms with E-state index in [-0.39, 0.29) is 18.6 Å². The van der Waals surface area contributed by atoms with Gasteiger partial charge < -0.3 is 15.2 Å². The van der Waals surface area contributed by atoms with Gasteiger partial charge in [-0.15, -0.1) is 0 Å². The largest absolute Gasteiger partial charge is 0.385 e. The van der Waals surface area contributed by atoms with E-state index in [0.717, 1.165) is 5.69 Å². The highest BCUT2D eigenvalue weighted by Gasteiger charge is 2.39. The lowest BCUT2D eigenvalue weighted by Crippen LogP contribution is -2.47. The number of nitrogens with zero attached hydrogens (tertiary/aromatic N) is 2. The van der Waals surface area contributed by atoms with Crippen LogP contribution in [0.5, 0.6) is 0 Å². The molecule has 19 heavy (non-hydrogen) atoms. The number of amides is 1. The van der Waals surface area contributed by atoms with Gasteiger partial charge in [0, 0.05) is 32.8 Å². The number of aliphatic hydroxyl groups is 1. The quantitative estimate of drug-likeness (QED) is 0.820. The Bertz CT molecular complexity index is 472. The van der Waals surface area contributed by atoms with E-state index in [4.69, 9.17) is 4.74 Å². The normalized spacial score (nSPS) is 26.6. The lowest BCUT2D eigenvalue weighted by atomic mass is 9.96. The van der Waals surface area contributed by atoms with Crippen molar-refractivity contribution in [3.8, 4) is 0 Å². The van der Waals surface area contributed by atoms with Gasteiger partial charge in [0.25, 0.3) is 5.91 Å². The van der Waals surface area contributed by atoms with Crippen LogP contribution in [0.2, 0.25) is 0 Å². The number of aryl methyl sites for hydroxylation is 2. The van der Waals surface area contributed by atoms with Crippen molar-refractivity contribution in [3.05, 3.63) is 17.5 Å². The minimum atomic E-state index is -0.968. The van der Waals surface area contributed by atoms with E-state index in [1.54, 1.807) is 17.9 Å². The molecule has 1 aliphatic rings. The summed E-state index contributed by atoms with van der Waals surface area (Å²) in [6.45, 7) is 4.51. The molecule has 0 radical (unpaired) electrons. The first kappa shape index (κ1) is 14.0. The Morgan fingerprint density at radius 3 is 3.05 bits per heavy atom. The molecule has 106 valence electrons. The molecule has 1 fully saturated rings. The summed E-state index contributed by atoms with van der Waals surface area (Å²) in [5.74, 6) is -0.197. The summed E-state index contributed by atoms with van der Waals surface area (Å²) in [7, 11) is 1.79. The van der Waals surface area contributed by atoms with Gasteiger partial charge >= 0.3 is 0 Å². The maximum absolute atomic E-state index is 12.1. The van der Waals surface area contributed by atoms with E-state index < -0.39 is 5.60 Å². The number of hydrogen-bond acceptors (Lipinski definition) is 4. The zero-order valence-corrected chi connectivity index (χ0v) is 11.6. The molecule has 0 aromatic carbocycles. The highest BCUT2D eigenvalue weighted by molar-refractivity contribution is 5.95. The number of hydrogen-bond donors (Lipinski definition) is 2. The molecule has 2 atom stereocenters. The third kappa shape index (κ3) is 2.79. The molecule has 6 heteroatoms. The molecule has 0 spiro atoms. The summed E-state index contributed by atoms with van der Waals surface area (Å²) in [6.07, 6.45) is 2.69. The topological polar surface area (TPSA) is 76.4 Å². The van der Waals surface area contributed by atoms with Crippen LogP contribution >= 0.6 is 0 Å². The molecular formula is C13H21N3O3. The van der Waals surface area contributed by atoms with Crippen LogP contribution in [0.1, 0.15) is 36.3 Å². The summed E-state index contributed by atoms with van der Waals surface area (Å²) in [6, 6.07) is 0. The van der Waals surface area contributed by atoms with Gasteiger partial charge in [0.1, 0.15) is 5.60 Å². The number of aromatic nitrogens is 2. The van der Waals surface area contributed by atoms with Crippen LogP contribution in [-0.4, -0.2) is 45.7 Å². The maximum atomic E-state index is 12.1. The van der Waals surface area contributed by atoms with Crippen molar-refractivity contribution in [3.63, 3.8) is 0 Å². The Kier molecular flexibility index (Phi) is 3.91. The summed E-state index contributed by atoms with van der Waals surface area (Å²) < 4.78 is 6.97. The van der Waals surface area contributed by atoms with Gasteiger partial charge in [-0.3, -0.25) is 9.48 Å². The van der Waals surface area contributed by atoms with Gasteiger partial charge in [-0.1, -0.05) is 6.92 Å². The van der Waals surface area contributed by atoms with Gasteiger partial charge in [0.05, 0.1) is 17.4 Å². The van der Waals surface area contributed by atoms with E-state index in [9.17, 15) is 9.90 Å². The summed E-state index contributed by atoms with van der Waals surface area (Å²) >= 11 is 0. The molecule has 2 N–H and O–H groups in total. The van der Waals surface area contributed by atoms with Gasteiger partial charge in [0.2, 0.25) is 0 Å². The van der Waals surface area contributed by atoms with Crippen molar-refractivity contribution in [2.45, 2.75) is 38.4 Å². The van der Waals surface area contributed by atoms with E-state index in [1.807, 2.05) is 13.8 Å². The Labute approximate surface area is 112 Å². The average molecular weight is 267 g/mol. The molecule has 0 aliphatic carbocycles. The predicted molar refractivity (Wildman–Crippen MR) is 69.9 cm³/mol. The zero-order chi connectivity index (χ0) is 14.0. The summed E-state index contributed by atoms with van der Waals surface area (Å²) in [4.78, 5) is 12.1. The first-order valence-electron chi connectivity index (χ1n) is 6.61. The molecule has 2 heterocycles. The molecule has 1 aromatic rings. The van der Waals surface area contributed by atoms with Crippen LogP contribution in [0.25, 0.3) is 0 Å². The average Bonchev–Trinajstić information content (AvgIpc) is 2.91. The minimum absolute atomic E-state index is 0.197. The Morgan fingerprint density at radius 2 is 2.47 bits per heavy atom. The standard InChI is InChI=1S/C13H21N3O3/c1-4-11-10(7-16(3)15-11)12(17)14-8-13(18)5-6-19-9(13)2/h7,9,18H,4-6,8H2,1-3H3,(H,14,17). The van der Waals surface area contributed by atoms with Crippen molar-refractivity contribution in [2.24, 2.45) is 7.05 Å². The van der Waals surface area contributed by atoms with Crippen LogP contribution in [-0.2, 0) is 18.2 Å². The van der Waals surface area contributed by atoms with E-state index in [1.165, 1.54) is 0 Å². The van der Waals surface area contributed by atoms with Gasteiger partial charge in [-0.2, -0.15) is 5.10 Å². The fraction of sp³-hybridized carbons (Fsp3) is 0.692. The number of carbonyl (C=O) groups is 1. The van der Waals surface area contributed by atoms with E-state index in [2.05, 4.69) is 10.4 Å². The molecule has 2 unspecified atom stereocenters. The number of ether oxygens (including phenoxy) is 1. The first-order valence-corrected chi connectivity index (χ1v) is 6.61. The van der Waals surface area contributed by atoms with Crippen LogP contribution in [0, 0.1) is 0 Å². The predicted octanol–water partition coefficient (Wildman–Crippen LogP) is 0.252. The molecule has 1 amide bonds. The molecular weight excluding hydrogens is 246 g/mol. The summed E-state index contributed by atoms with van der Waals surface area (Å²) in [5, 5.41) is 17.3. The van der Waals surface area contributed by atoms with Gasteiger partial charge in [-0.25, -0.2) is 0 Å². The number of rotatable bonds is 4.